The number of nitrogens with two attached hydrogens (primary N) is 1. The lowest BCUT2D eigenvalue weighted by molar-refractivity contribution is -0.145. The predicted molar refractivity (Wildman–Crippen MR) is 72.3 cm³/mol. The average molecular weight is 261 g/mol. The Labute approximate surface area is 112 Å². The highest BCUT2D eigenvalue weighted by Crippen LogP contribution is 2.65. The van der Waals surface area contributed by atoms with E-state index < -0.39 is 0 Å². The quantitative estimate of drug-likeness (QED) is 0.873. The molecule has 2 nitrogen and oxygen atoms in total. The minimum absolute atomic E-state index is 0.0313. The first-order chi connectivity index (χ1) is 8.62. The number of hydrogen-bond acceptors (Lipinski definition) is 2. The Morgan fingerprint density at radius 1 is 1.28 bits per heavy atom. The van der Waals surface area contributed by atoms with Gasteiger partial charge in [0.1, 0.15) is 0 Å². The summed E-state index contributed by atoms with van der Waals surface area (Å²) in [5, 5.41) is 4.46. The van der Waals surface area contributed by atoms with Gasteiger partial charge in [-0.1, -0.05) is 0 Å². The van der Waals surface area contributed by atoms with Gasteiger partial charge in [-0.25, -0.2) is 0 Å². The minimum Gasteiger partial charge on any atom is -0.369 e. The molecule has 5 rings (SSSR count). The molecule has 2 atom stereocenters. The smallest absolute Gasteiger partial charge is 0.223 e. The zero-order chi connectivity index (χ0) is 12.4. The Hall–Kier alpha value is -0.830. The SMILES string of the molecule is NC(=O)C12CC3CC(C1)CC(c1ccsc1)(C3)C2. The van der Waals surface area contributed by atoms with Crippen molar-refractivity contribution >= 4 is 17.2 Å². The van der Waals surface area contributed by atoms with Gasteiger partial charge in [0.25, 0.3) is 0 Å². The lowest BCUT2D eigenvalue weighted by atomic mass is 9.43. The van der Waals surface area contributed by atoms with Crippen molar-refractivity contribution in [3.8, 4) is 0 Å². The van der Waals surface area contributed by atoms with Crippen molar-refractivity contribution in [2.24, 2.45) is 23.0 Å². The van der Waals surface area contributed by atoms with Crippen LogP contribution in [0, 0.1) is 17.3 Å². The molecule has 4 saturated carbocycles. The van der Waals surface area contributed by atoms with Gasteiger partial charge in [-0.2, -0.15) is 11.3 Å². The standard InChI is InChI=1S/C15H19NOS/c16-13(17)15-6-10-3-11(7-15)5-14(4-10,9-15)12-1-2-18-8-12/h1-2,8,10-11H,3-7,9H2,(H2,16,17). The molecule has 1 aromatic heterocycles. The summed E-state index contributed by atoms with van der Waals surface area (Å²) in [6.45, 7) is 0. The first-order valence-corrected chi connectivity index (χ1v) is 7.89. The molecule has 0 radical (unpaired) electrons. The van der Waals surface area contributed by atoms with E-state index in [4.69, 9.17) is 5.73 Å². The maximum atomic E-state index is 12.0. The lowest BCUT2D eigenvalue weighted by Crippen LogP contribution is -2.58. The van der Waals surface area contributed by atoms with Gasteiger partial charge in [-0.3, -0.25) is 4.79 Å². The lowest BCUT2D eigenvalue weighted by Gasteiger charge is -2.61. The highest BCUT2D eigenvalue weighted by molar-refractivity contribution is 7.08. The van der Waals surface area contributed by atoms with Crippen molar-refractivity contribution in [1.29, 1.82) is 0 Å². The third-order valence-corrected chi connectivity index (χ3v) is 6.40. The molecule has 4 fully saturated rings. The molecule has 0 aliphatic heterocycles. The number of amides is 1. The molecule has 4 aliphatic rings. The monoisotopic (exact) mass is 261 g/mol. The number of thiophene rings is 1. The number of carbonyl (C=O) groups excluding carboxylic acids is 1. The normalized spacial score (nSPS) is 45.3. The summed E-state index contributed by atoms with van der Waals surface area (Å²) in [5.41, 5.74) is 7.35. The number of rotatable bonds is 2. The first-order valence-electron chi connectivity index (χ1n) is 6.95. The highest BCUT2D eigenvalue weighted by atomic mass is 32.1. The van der Waals surface area contributed by atoms with Gasteiger partial charge in [-0.05, 0) is 78.2 Å². The molecule has 96 valence electrons. The summed E-state index contributed by atoms with van der Waals surface area (Å²) < 4.78 is 0. The molecular weight excluding hydrogens is 242 g/mol. The molecule has 4 bridgehead atoms. The third kappa shape index (κ3) is 1.31. The van der Waals surface area contributed by atoms with Crippen LogP contribution in [-0.2, 0) is 10.2 Å². The second kappa shape index (κ2) is 3.38. The molecule has 2 unspecified atom stereocenters. The molecule has 2 N–H and O–H groups in total. The minimum atomic E-state index is -0.175. The van der Waals surface area contributed by atoms with Crippen molar-refractivity contribution in [3.05, 3.63) is 22.4 Å². The Kier molecular flexibility index (Phi) is 2.07. The Balaban J connectivity index is 1.81. The van der Waals surface area contributed by atoms with Gasteiger partial charge in [0, 0.05) is 0 Å². The van der Waals surface area contributed by atoms with E-state index in [1.54, 1.807) is 11.3 Å². The van der Waals surface area contributed by atoms with E-state index in [0.29, 0.717) is 0 Å². The summed E-state index contributed by atoms with van der Waals surface area (Å²) in [6, 6.07) is 2.27. The van der Waals surface area contributed by atoms with Crippen LogP contribution in [0.1, 0.15) is 44.1 Å². The Morgan fingerprint density at radius 3 is 2.56 bits per heavy atom. The van der Waals surface area contributed by atoms with Crippen LogP contribution in [0.5, 0.6) is 0 Å². The van der Waals surface area contributed by atoms with E-state index in [0.717, 1.165) is 31.1 Å². The van der Waals surface area contributed by atoms with Gasteiger partial charge in [-0.15, -0.1) is 0 Å². The van der Waals surface area contributed by atoms with Crippen molar-refractivity contribution in [2.75, 3.05) is 0 Å². The summed E-state index contributed by atoms with van der Waals surface area (Å²) in [4.78, 5) is 12.0. The molecule has 18 heavy (non-hydrogen) atoms. The molecule has 1 aromatic rings. The second-order valence-corrected chi connectivity index (χ2v) is 7.68. The maximum Gasteiger partial charge on any atom is 0.223 e. The van der Waals surface area contributed by atoms with E-state index in [1.165, 1.54) is 24.8 Å². The van der Waals surface area contributed by atoms with Crippen LogP contribution in [-0.4, -0.2) is 5.91 Å². The van der Waals surface area contributed by atoms with E-state index in [1.807, 2.05) is 0 Å². The maximum absolute atomic E-state index is 12.0. The summed E-state index contributed by atoms with van der Waals surface area (Å²) in [6.07, 6.45) is 7.04. The van der Waals surface area contributed by atoms with Crippen LogP contribution < -0.4 is 5.73 Å². The predicted octanol–water partition coefficient (Wildman–Crippen LogP) is 3.07. The van der Waals surface area contributed by atoms with E-state index >= 15 is 0 Å². The number of carbonyl (C=O) groups is 1. The molecule has 4 aliphatic carbocycles. The van der Waals surface area contributed by atoms with Gasteiger partial charge in [0.05, 0.1) is 5.41 Å². The van der Waals surface area contributed by atoms with Crippen LogP contribution in [0.4, 0.5) is 0 Å². The average Bonchev–Trinajstić information content (AvgIpc) is 2.80. The summed E-state index contributed by atoms with van der Waals surface area (Å²) in [7, 11) is 0. The third-order valence-electron chi connectivity index (χ3n) is 5.72. The summed E-state index contributed by atoms with van der Waals surface area (Å²) in [5.74, 6) is 1.44. The number of hydrogen-bond donors (Lipinski definition) is 1. The molecular formula is C15H19NOS. The van der Waals surface area contributed by atoms with Crippen LogP contribution in [0.3, 0.4) is 0 Å². The molecule has 1 amide bonds. The Morgan fingerprint density at radius 2 is 2.00 bits per heavy atom. The fourth-order valence-corrected chi connectivity index (χ4v) is 6.23. The van der Waals surface area contributed by atoms with Crippen molar-refractivity contribution in [2.45, 2.75) is 43.9 Å². The van der Waals surface area contributed by atoms with Crippen molar-refractivity contribution in [1.82, 2.24) is 0 Å². The first kappa shape index (κ1) is 11.0. The van der Waals surface area contributed by atoms with Gasteiger partial charge >= 0.3 is 0 Å². The topological polar surface area (TPSA) is 43.1 Å². The molecule has 0 saturated heterocycles. The van der Waals surface area contributed by atoms with E-state index in [9.17, 15) is 4.79 Å². The fraction of sp³-hybridized carbons (Fsp3) is 0.667. The zero-order valence-electron chi connectivity index (χ0n) is 10.5. The second-order valence-electron chi connectivity index (χ2n) is 6.90. The Bertz CT molecular complexity index is 479. The van der Waals surface area contributed by atoms with Crippen molar-refractivity contribution < 1.29 is 4.79 Å². The van der Waals surface area contributed by atoms with Crippen LogP contribution in [0.15, 0.2) is 16.8 Å². The molecule has 0 spiro atoms. The molecule has 3 heteroatoms. The van der Waals surface area contributed by atoms with Gasteiger partial charge < -0.3 is 5.73 Å². The van der Waals surface area contributed by atoms with Gasteiger partial charge in [0.2, 0.25) is 5.91 Å². The zero-order valence-corrected chi connectivity index (χ0v) is 11.3. The molecule has 0 aromatic carbocycles. The van der Waals surface area contributed by atoms with Gasteiger partial charge in [0.15, 0.2) is 0 Å². The van der Waals surface area contributed by atoms with Crippen molar-refractivity contribution in [3.63, 3.8) is 0 Å². The van der Waals surface area contributed by atoms with Crippen LogP contribution in [0.2, 0.25) is 0 Å². The fourth-order valence-electron chi connectivity index (χ4n) is 5.45. The highest BCUT2D eigenvalue weighted by Gasteiger charge is 2.60. The largest absolute Gasteiger partial charge is 0.369 e. The van der Waals surface area contributed by atoms with Crippen LogP contribution >= 0.6 is 11.3 Å². The van der Waals surface area contributed by atoms with E-state index in [2.05, 4.69) is 16.8 Å². The van der Waals surface area contributed by atoms with E-state index in [-0.39, 0.29) is 16.7 Å². The number of primary amides is 1. The summed E-state index contributed by atoms with van der Waals surface area (Å²) >= 11 is 1.78. The van der Waals surface area contributed by atoms with Crippen LogP contribution in [0.25, 0.3) is 0 Å². The molecule has 1 heterocycles.